The maximum atomic E-state index is 12.7. The first-order valence-corrected chi connectivity index (χ1v) is 8.81. The Morgan fingerprint density at radius 3 is 3.08 bits per heavy atom. The van der Waals surface area contributed by atoms with Gasteiger partial charge in [-0.3, -0.25) is 14.7 Å². The Kier molecular flexibility index (Phi) is 4.55. The molecule has 6 heteroatoms. The number of piperidine rings is 1. The molecule has 2 aromatic rings. The van der Waals surface area contributed by atoms with Crippen LogP contribution < -0.4 is 5.32 Å². The molecule has 0 unspecified atom stereocenters. The number of likely N-dealkylation sites (tertiary alicyclic amines) is 1. The van der Waals surface area contributed by atoms with Crippen LogP contribution in [0.4, 0.5) is 5.69 Å². The van der Waals surface area contributed by atoms with Crippen LogP contribution in [0.2, 0.25) is 0 Å². The van der Waals surface area contributed by atoms with Gasteiger partial charge in [0.1, 0.15) is 11.5 Å². The number of carbonyl (C=O) groups is 1. The smallest absolute Gasteiger partial charge is 0.228 e. The minimum absolute atomic E-state index is 0.0302. The van der Waals surface area contributed by atoms with Crippen LogP contribution >= 0.6 is 0 Å². The molecule has 2 aliphatic rings. The van der Waals surface area contributed by atoms with E-state index >= 15 is 0 Å². The minimum atomic E-state index is -0.101. The van der Waals surface area contributed by atoms with E-state index in [0.29, 0.717) is 6.04 Å². The summed E-state index contributed by atoms with van der Waals surface area (Å²) in [5, 5.41) is 2.97. The molecule has 4 heterocycles. The van der Waals surface area contributed by atoms with Gasteiger partial charge in [-0.2, -0.15) is 0 Å². The fraction of sp³-hybridized carbons (Fsp3) is 0.474. The van der Waals surface area contributed by atoms with Crippen molar-refractivity contribution in [2.75, 3.05) is 18.5 Å². The fourth-order valence-electron chi connectivity index (χ4n) is 3.88. The van der Waals surface area contributed by atoms with Crippen LogP contribution in [0, 0.1) is 12.8 Å². The third-order valence-corrected chi connectivity index (χ3v) is 5.07. The van der Waals surface area contributed by atoms with Gasteiger partial charge in [0.15, 0.2) is 0 Å². The van der Waals surface area contributed by atoms with Crippen LogP contribution in [0.15, 0.2) is 41.1 Å². The highest BCUT2D eigenvalue weighted by Gasteiger charge is 2.42. The number of anilines is 1. The Morgan fingerprint density at radius 2 is 2.32 bits per heavy atom. The molecule has 0 radical (unpaired) electrons. The van der Waals surface area contributed by atoms with Gasteiger partial charge in [0.05, 0.1) is 30.5 Å². The van der Waals surface area contributed by atoms with Gasteiger partial charge >= 0.3 is 0 Å². The second-order valence-electron chi connectivity index (χ2n) is 6.87. The second kappa shape index (κ2) is 6.98. The fourth-order valence-corrected chi connectivity index (χ4v) is 3.88. The van der Waals surface area contributed by atoms with Gasteiger partial charge in [-0.15, -0.1) is 0 Å². The van der Waals surface area contributed by atoms with Crippen LogP contribution in [0.1, 0.15) is 24.4 Å². The van der Waals surface area contributed by atoms with Crippen LogP contribution in [0.25, 0.3) is 0 Å². The molecular formula is C19H23N3O3. The minimum Gasteiger partial charge on any atom is -0.465 e. The average Bonchev–Trinajstić information content (AvgIpc) is 3.24. The molecule has 2 aliphatic heterocycles. The highest BCUT2D eigenvalue weighted by Crippen LogP contribution is 2.33. The lowest BCUT2D eigenvalue weighted by atomic mass is 9.89. The molecule has 0 saturated carbocycles. The highest BCUT2D eigenvalue weighted by molar-refractivity contribution is 5.92. The van der Waals surface area contributed by atoms with Crippen LogP contribution in [-0.2, 0) is 16.1 Å². The van der Waals surface area contributed by atoms with E-state index in [1.54, 1.807) is 12.4 Å². The van der Waals surface area contributed by atoms with Crippen LogP contribution in [-0.4, -0.2) is 41.1 Å². The lowest BCUT2D eigenvalue weighted by Crippen LogP contribution is -2.51. The van der Waals surface area contributed by atoms with Crippen LogP contribution in [0.3, 0.4) is 0 Å². The molecule has 132 valence electrons. The molecule has 2 aromatic heterocycles. The lowest BCUT2D eigenvalue weighted by Gasteiger charge is -2.39. The zero-order valence-corrected chi connectivity index (χ0v) is 14.4. The first-order chi connectivity index (χ1) is 12.2. The third kappa shape index (κ3) is 3.60. The number of hydrogen-bond donors (Lipinski definition) is 1. The van der Waals surface area contributed by atoms with E-state index in [-0.39, 0.29) is 17.9 Å². The second-order valence-corrected chi connectivity index (χ2v) is 6.87. The summed E-state index contributed by atoms with van der Waals surface area (Å²) < 4.78 is 11.6. The molecule has 0 spiro atoms. The van der Waals surface area contributed by atoms with E-state index < -0.39 is 0 Å². The number of nitrogens with zero attached hydrogens (tertiary/aromatic N) is 2. The van der Waals surface area contributed by atoms with Gasteiger partial charge in [0.25, 0.3) is 0 Å². The van der Waals surface area contributed by atoms with Crippen molar-refractivity contribution in [1.29, 1.82) is 0 Å². The van der Waals surface area contributed by atoms with Crippen molar-refractivity contribution < 1.29 is 13.9 Å². The number of aryl methyl sites for hydroxylation is 1. The van der Waals surface area contributed by atoms with Crippen molar-refractivity contribution in [3.8, 4) is 0 Å². The Hall–Kier alpha value is -2.18. The first-order valence-electron chi connectivity index (χ1n) is 8.81. The monoisotopic (exact) mass is 341 g/mol. The van der Waals surface area contributed by atoms with Crippen molar-refractivity contribution in [3.05, 3.63) is 48.2 Å². The van der Waals surface area contributed by atoms with Gasteiger partial charge in [-0.05, 0) is 44.0 Å². The molecule has 2 fully saturated rings. The lowest BCUT2D eigenvalue weighted by molar-refractivity contribution is -0.124. The number of amides is 1. The molecule has 0 bridgehead atoms. The molecule has 1 N–H and O–H groups in total. The average molecular weight is 341 g/mol. The first kappa shape index (κ1) is 16.3. The summed E-state index contributed by atoms with van der Waals surface area (Å²) in [6.07, 6.45) is 5.26. The van der Waals surface area contributed by atoms with Gasteiger partial charge in [-0.1, -0.05) is 0 Å². The summed E-state index contributed by atoms with van der Waals surface area (Å²) in [5.41, 5.74) is 0.732. The molecule has 0 aromatic carbocycles. The number of ether oxygens (including phenoxy) is 1. The van der Waals surface area contributed by atoms with Crippen molar-refractivity contribution in [2.24, 2.45) is 5.92 Å². The number of aromatic nitrogens is 1. The van der Waals surface area contributed by atoms with Crippen LogP contribution in [0.5, 0.6) is 0 Å². The quantitative estimate of drug-likeness (QED) is 0.926. The summed E-state index contributed by atoms with van der Waals surface area (Å²) in [6.45, 7) is 4.15. The predicted octanol–water partition coefficient (Wildman–Crippen LogP) is 2.60. The summed E-state index contributed by atoms with van der Waals surface area (Å²) in [6, 6.07) is 8.03. The molecule has 4 rings (SSSR count). The maximum absolute atomic E-state index is 12.7. The topological polar surface area (TPSA) is 67.6 Å². The number of carbonyl (C=O) groups excluding carboxylic acids is 1. The third-order valence-electron chi connectivity index (χ3n) is 5.07. The van der Waals surface area contributed by atoms with Crippen molar-refractivity contribution in [3.63, 3.8) is 0 Å². The summed E-state index contributed by atoms with van der Waals surface area (Å²) in [5.74, 6) is 1.78. The predicted molar refractivity (Wildman–Crippen MR) is 93.0 cm³/mol. The SMILES string of the molecule is Cc1ccc(CN2C[C@H](C(=O)Nc3cccnc3)C[C@@H]3OCC[C@@H]32)o1. The molecule has 2 saturated heterocycles. The standard InChI is InChI=1S/C19H23N3O3/c1-13-4-5-16(25-13)12-22-11-14(9-18-17(22)6-8-24-18)19(23)21-15-3-2-7-20-10-15/h2-5,7,10,14,17-18H,6,8-9,11-12H2,1H3,(H,21,23)/t14-,17+,18+/m1/s1. The normalized spacial score (nSPS) is 26.4. The summed E-state index contributed by atoms with van der Waals surface area (Å²) >= 11 is 0. The van der Waals surface area contributed by atoms with Crippen molar-refractivity contribution in [2.45, 2.75) is 38.5 Å². The van der Waals surface area contributed by atoms with E-state index in [4.69, 9.17) is 9.15 Å². The number of pyridine rings is 1. The van der Waals surface area contributed by atoms with E-state index in [2.05, 4.69) is 15.2 Å². The molecule has 6 nitrogen and oxygen atoms in total. The van der Waals surface area contributed by atoms with E-state index in [0.717, 1.165) is 49.7 Å². The number of fused-ring (bicyclic) bond motifs is 1. The summed E-state index contributed by atoms with van der Waals surface area (Å²) in [4.78, 5) is 19.1. The van der Waals surface area contributed by atoms with E-state index in [1.807, 2.05) is 31.2 Å². The number of hydrogen-bond acceptors (Lipinski definition) is 5. The van der Waals surface area contributed by atoms with Gasteiger partial charge in [0, 0.05) is 25.4 Å². The van der Waals surface area contributed by atoms with Crippen molar-refractivity contribution >= 4 is 11.6 Å². The number of nitrogens with one attached hydrogen (secondary N) is 1. The van der Waals surface area contributed by atoms with E-state index in [9.17, 15) is 4.79 Å². The number of rotatable bonds is 4. The molecule has 0 aliphatic carbocycles. The zero-order valence-electron chi connectivity index (χ0n) is 14.4. The molecule has 25 heavy (non-hydrogen) atoms. The highest BCUT2D eigenvalue weighted by atomic mass is 16.5. The Bertz CT molecular complexity index is 731. The Labute approximate surface area is 147 Å². The number of furan rings is 1. The zero-order chi connectivity index (χ0) is 17.2. The Morgan fingerprint density at radius 1 is 1.40 bits per heavy atom. The van der Waals surface area contributed by atoms with E-state index in [1.165, 1.54) is 0 Å². The molecule has 1 amide bonds. The van der Waals surface area contributed by atoms with Gasteiger partial charge in [0.2, 0.25) is 5.91 Å². The van der Waals surface area contributed by atoms with Crippen molar-refractivity contribution in [1.82, 2.24) is 9.88 Å². The summed E-state index contributed by atoms with van der Waals surface area (Å²) in [7, 11) is 0. The Balaban J connectivity index is 1.46. The maximum Gasteiger partial charge on any atom is 0.228 e. The van der Waals surface area contributed by atoms with Gasteiger partial charge < -0.3 is 14.5 Å². The van der Waals surface area contributed by atoms with Gasteiger partial charge in [-0.25, -0.2) is 0 Å². The largest absolute Gasteiger partial charge is 0.465 e. The molecular weight excluding hydrogens is 318 g/mol. The molecule has 3 atom stereocenters.